The predicted octanol–water partition coefficient (Wildman–Crippen LogP) is 3.33. The topological polar surface area (TPSA) is 71.9 Å². The number of rotatable bonds is 7. The Balaban J connectivity index is 0.000000345. The number of carboxylic acid groups (broad SMARTS) is 1. The van der Waals surface area contributed by atoms with Gasteiger partial charge in [0.15, 0.2) is 0 Å². The quantitative estimate of drug-likeness (QED) is 0.752. The van der Waals surface area contributed by atoms with Gasteiger partial charge in [0.25, 0.3) is 0 Å². The molecule has 28 heavy (non-hydrogen) atoms. The van der Waals surface area contributed by atoms with Crippen molar-refractivity contribution < 1.29 is 32.5 Å². The highest BCUT2D eigenvalue weighted by Gasteiger charge is 2.38. The molecule has 2 aliphatic rings. The summed E-state index contributed by atoms with van der Waals surface area (Å²) in [6.07, 6.45) is 3.69. The molecule has 9 heteroatoms. The van der Waals surface area contributed by atoms with Crippen LogP contribution in [0, 0.1) is 5.92 Å². The molecule has 1 saturated heterocycles. The molecule has 3 atom stereocenters. The van der Waals surface area contributed by atoms with Gasteiger partial charge in [-0.15, -0.1) is 0 Å². The SMILES string of the molecule is COCC[C@H]1C[C@@H]1c1cncc(OC[C@H]2CCCN2C)c1.O=C(O)C(F)(F)F. The number of halogens is 3. The van der Waals surface area contributed by atoms with Crippen molar-refractivity contribution in [1.29, 1.82) is 0 Å². The van der Waals surface area contributed by atoms with E-state index in [2.05, 4.69) is 23.0 Å². The van der Waals surface area contributed by atoms with Crippen molar-refractivity contribution in [2.75, 3.05) is 33.9 Å². The van der Waals surface area contributed by atoms with Crippen molar-refractivity contribution in [1.82, 2.24) is 9.88 Å². The minimum absolute atomic E-state index is 0.559. The van der Waals surface area contributed by atoms with E-state index in [0.717, 1.165) is 31.3 Å². The van der Waals surface area contributed by atoms with Crippen LogP contribution in [-0.2, 0) is 9.53 Å². The second kappa shape index (κ2) is 10.1. The number of nitrogens with zero attached hydrogens (tertiary/aromatic N) is 2. The summed E-state index contributed by atoms with van der Waals surface area (Å²) in [5.74, 6) is -0.411. The number of hydrogen-bond donors (Lipinski definition) is 1. The van der Waals surface area contributed by atoms with Gasteiger partial charge in [0.2, 0.25) is 0 Å². The van der Waals surface area contributed by atoms with Crippen LogP contribution in [0.25, 0.3) is 0 Å². The van der Waals surface area contributed by atoms with Crippen LogP contribution in [0.3, 0.4) is 0 Å². The highest BCUT2D eigenvalue weighted by Crippen LogP contribution is 2.49. The largest absolute Gasteiger partial charge is 0.490 e. The zero-order valence-corrected chi connectivity index (χ0v) is 16.1. The highest BCUT2D eigenvalue weighted by atomic mass is 19.4. The van der Waals surface area contributed by atoms with Gasteiger partial charge in [0.1, 0.15) is 12.4 Å². The standard InChI is InChI=1S/C17H26N2O2.C2HF3O2/c1-19-6-3-4-15(19)12-21-16-8-14(10-18-11-16)17-9-13(17)5-7-20-2;3-2(4,5)1(6)7/h8,10-11,13,15,17H,3-7,9,12H2,1-2H3;(H,6,7)/t13-,15+,17-;/m0./s1. The molecule has 2 heterocycles. The van der Waals surface area contributed by atoms with Crippen molar-refractivity contribution in [3.63, 3.8) is 0 Å². The fourth-order valence-electron chi connectivity index (χ4n) is 3.34. The zero-order chi connectivity index (χ0) is 20.7. The second-order valence-electron chi connectivity index (χ2n) is 7.23. The van der Waals surface area contributed by atoms with Crippen LogP contribution in [-0.4, -0.2) is 67.1 Å². The summed E-state index contributed by atoms with van der Waals surface area (Å²) >= 11 is 0. The molecule has 0 radical (unpaired) electrons. The van der Waals surface area contributed by atoms with Gasteiger partial charge in [-0.25, -0.2) is 4.79 Å². The Bertz CT molecular complexity index is 642. The lowest BCUT2D eigenvalue weighted by atomic mass is 10.1. The van der Waals surface area contributed by atoms with E-state index >= 15 is 0 Å². The number of hydrogen-bond acceptors (Lipinski definition) is 5. The third kappa shape index (κ3) is 6.94. The number of methoxy groups -OCH3 is 1. The molecule has 1 saturated carbocycles. The first-order valence-electron chi connectivity index (χ1n) is 9.29. The van der Waals surface area contributed by atoms with Gasteiger partial charge in [0, 0.05) is 26.0 Å². The van der Waals surface area contributed by atoms with E-state index in [1.54, 1.807) is 7.11 Å². The average Bonchev–Trinajstić information content (AvgIpc) is 3.31. The lowest BCUT2D eigenvalue weighted by molar-refractivity contribution is -0.192. The van der Waals surface area contributed by atoms with Crippen molar-refractivity contribution in [2.45, 2.75) is 43.8 Å². The molecule has 0 unspecified atom stereocenters. The van der Waals surface area contributed by atoms with Crippen molar-refractivity contribution in [3.8, 4) is 5.75 Å². The fraction of sp³-hybridized carbons (Fsp3) is 0.684. The molecule has 1 aliphatic heterocycles. The van der Waals surface area contributed by atoms with Crippen LogP contribution in [0.15, 0.2) is 18.5 Å². The van der Waals surface area contributed by atoms with E-state index in [1.165, 1.54) is 31.4 Å². The molecular weight excluding hydrogens is 377 g/mol. The van der Waals surface area contributed by atoms with Crippen LogP contribution >= 0.6 is 0 Å². The van der Waals surface area contributed by atoms with Crippen LogP contribution in [0.2, 0.25) is 0 Å². The summed E-state index contributed by atoms with van der Waals surface area (Å²) < 4.78 is 42.9. The molecule has 0 aromatic carbocycles. The number of carboxylic acids is 1. The van der Waals surface area contributed by atoms with E-state index in [9.17, 15) is 13.2 Å². The number of ether oxygens (including phenoxy) is 2. The smallest absolute Gasteiger partial charge is 0.490 e. The lowest BCUT2D eigenvalue weighted by Gasteiger charge is -2.19. The van der Waals surface area contributed by atoms with Gasteiger partial charge < -0.3 is 19.5 Å². The molecule has 1 aromatic heterocycles. The Labute approximate surface area is 162 Å². The minimum Gasteiger partial charge on any atom is -0.490 e. The monoisotopic (exact) mass is 404 g/mol. The van der Waals surface area contributed by atoms with Crippen LogP contribution in [0.5, 0.6) is 5.75 Å². The first-order chi connectivity index (χ1) is 13.2. The van der Waals surface area contributed by atoms with Crippen molar-refractivity contribution in [3.05, 3.63) is 24.0 Å². The first kappa shape index (κ1) is 22.4. The number of aromatic nitrogens is 1. The number of aliphatic carboxylic acids is 1. The Kier molecular flexibility index (Phi) is 8.06. The Morgan fingerprint density at radius 3 is 2.68 bits per heavy atom. The van der Waals surface area contributed by atoms with Gasteiger partial charge >= 0.3 is 12.1 Å². The van der Waals surface area contributed by atoms with Crippen LogP contribution in [0.4, 0.5) is 13.2 Å². The maximum absolute atomic E-state index is 10.6. The van der Waals surface area contributed by atoms with Crippen LogP contribution < -0.4 is 4.74 Å². The van der Waals surface area contributed by atoms with E-state index in [0.29, 0.717) is 12.0 Å². The zero-order valence-electron chi connectivity index (χ0n) is 16.1. The summed E-state index contributed by atoms with van der Waals surface area (Å²) in [4.78, 5) is 15.6. The molecule has 158 valence electrons. The maximum atomic E-state index is 10.6. The fourth-order valence-corrected chi connectivity index (χ4v) is 3.34. The average molecular weight is 404 g/mol. The highest BCUT2D eigenvalue weighted by molar-refractivity contribution is 5.73. The third-order valence-corrected chi connectivity index (χ3v) is 5.13. The number of carbonyl (C=O) groups is 1. The van der Waals surface area contributed by atoms with Crippen molar-refractivity contribution >= 4 is 5.97 Å². The Morgan fingerprint density at radius 1 is 1.39 bits per heavy atom. The van der Waals surface area contributed by atoms with E-state index < -0.39 is 12.1 Å². The lowest BCUT2D eigenvalue weighted by Crippen LogP contribution is -2.30. The first-order valence-corrected chi connectivity index (χ1v) is 9.29. The molecule has 1 aliphatic carbocycles. The molecule has 2 fully saturated rings. The number of likely N-dealkylation sites (N-methyl/N-ethyl adjacent to an activating group) is 1. The predicted molar refractivity (Wildman–Crippen MR) is 96.4 cm³/mol. The second-order valence-corrected chi connectivity index (χ2v) is 7.23. The molecule has 0 amide bonds. The number of pyridine rings is 1. The van der Waals surface area contributed by atoms with Gasteiger partial charge in [-0.05, 0) is 62.7 Å². The van der Waals surface area contributed by atoms with Crippen molar-refractivity contribution in [2.24, 2.45) is 5.92 Å². The molecule has 6 nitrogen and oxygen atoms in total. The Morgan fingerprint density at radius 2 is 2.11 bits per heavy atom. The van der Waals surface area contributed by atoms with Gasteiger partial charge in [-0.3, -0.25) is 4.98 Å². The van der Waals surface area contributed by atoms with E-state index in [4.69, 9.17) is 19.4 Å². The molecular formula is C19H27F3N2O4. The molecule has 1 aromatic rings. The van der Waals surface area contributed by atoms with Crippen LogP contribution in [0.1, 0.15) is 37.2 Å². The maximum Gasteiger partial charge on any atom is 0.490 e. The molecule has 0 spiro atoms. The summed E-state index contributed by atoms with van der Waals surface area (Å²) in [7, 11) is 3.95. The van der Waals surface area contributed by atoms with Gasteiger partial charge in [-0.2, -0.15) is 13.2 Å². The van der Waals surface area contributed by atoms with E-state index in [-0.39, 0.29) is 0 Å². The van der Waals surface area contributed by atoms with E-state index in [1.807, 2.05) is 12.4 Å². The summed E-state index contributed by atoms with van der Waals surface area (Å²) in [5.41, 5.74) is 1.33. The summed E-state index contributed by atoms with van der Waals surface area (Å²) in [5, 5.41) is 7.12. The van der Waals surface area contributed by atoms with Gasteiger partial charge in [-0.1, -0.05) is 0 Å². The molecule has 0 bridgehead atoms. The number of likely N-dealkylation sites (tertiary alicyclic amines) is 1. The molecule has 3 rings (SSSR count). The summed E-state index contributed by atoms with van der Waals surface area (Å²) in [6, 6.07) is 2.74. The third-order valence-electron chi connectivity index (χ3n) is 5.13. The normalized spacial score (nSPS) is 24.4. The summed E-state index contributed by atoms with van der Waals surface area (Å²) in [6.45, 7) is 2.83. The molecule has 1 N–H and O–H groups in total. The Hall–Kier alpha value is -1.87. The van der Waals surface area contributed by atoms with Gasteiger partial charge in [0.05, 0.1) is 6.20 Å². The minimum atomic E-state index is -5.08. The number of alkyl halides is 3.